The molecule has 3 rings (SSSR count). The lowest BCUT2D eigenvalue weighted by atomic mass is 10.2. The van der Waals surface area contributed by atoms with Gasteiger partial charge in [0, 0.05) is 12.0 Å². The fourth-order valence-corrected chi connectivity index (χ4v) is 1.66. The monoisotopic (exact) mass is 240 g/mol. The summed E-state index contributed by atoms with van der Waals surface area (Å²) in [6, 6.07) is 1.63. The van der Waals surface area contributed by atoms with E-state index in [1.165, 1.54) is 12.6 Å². The van der Waals surface area contributed by atoms with Crippen molar-refractivity contribution in [3.63, 3.8) is 0 Å². The summed E-state index contributed by atoms with van der Waals surface area (Å²) >= 11 is 0. The van der Waals surface area contributed by atoms with E-state index in [0.717, 1.165) is 0 Å². The Kier molecular flexibility index (Phi) is 2.24. The molecule has 0 amide bonds. The van der Waals surface area contributed by atoms with Crippen LogP contribution in [0.15, 0.2) is 23.1 Å². The Hall–Kier alpha value is -1.72. The number of alkyl halides is 2. The van der Waals surface area contributed by atoms with Crippen molar-refractivity contribution in [2.75, 3.05) is 6.61 Å². The highest BCUT2D eigenvalue weighted by molar-refractivity contribution is 5.76. The van der Waals surface area contributed by atoms with Gasteiger partial charge in [0.2, 0.25) is 5.58 Å². The summed E-state index contributed by atoms with van der Waals surface area (Å²) in [5.74, 6) is -3.26. The minimum absolute atomic E-state index is 0.0697. The number of hydrogen-bond donors (Lipinski definition) is 0. The van der Waals surface area contributed by atoms with Crippen molar-refractivity contribution in [2.45, 2.75) is 18.8 Å². The number of aromatic nitrogens is 2. The lowest BCUT2D eigenvalue weighted by Crippen LogP contribution is -2.28. The summed E-state index contributed by atoms with van der Waals surface area (Å²) < 4.78 is 37.0. The number of fused-ring (bicyclic) bond motifs is 1. The SMILES string of the molecule is FC(F)(COc1ncnc2ccoc12)C1CC1. The molecule has 0 atom stereocenters. The quantitative estimate of drug-likeness (QED) is 0.824. The summed E-state index contributed by atoms with van der Waals surface area (Å²) in [4.78, 5) is 7.72. The van der Waals surface area contributed by atoms with Crippen LogP contribution in [-0.4, -0.2) is 22.5 Å². The summed E-state index contributed by atoms with van der Waals surface area (Å²) in [6.45, 7) is -0.662. The number of hydrogen-bond acceptors (Lipinski definition) is 4. The van der Waals surface area contributed by atoms with Crippen molar-refractivity contribution in [3.05, 3.63) is 18.7 Å². The maximum absolute atomic E-state index is 13.4. The normalized spacial score (nSPS) is 16.4. The average molecular weight is 240 g/mol. The molecule has 2 heterocycles. The molecule has 0 aliphatic heterocycles. The largest absolute Gasteiger partial charge is 0.469 e. The van der Waals surface area contributed by atoms with Crippen LogP contribution in [0.5, 0.6) is 5.88 Å². The van der Waals surface area contributed by atoms with E-state index in [0.29, 0.717) is 23.9 Å². The highest BCUT2D eigenvalue weighted by Crippen LogP contribution is 2.43. The Morgan fingerprint density at radius 2 is 2.24 bits per heavy atom. The van der Waals surface area contributed by atoms with E-state index in [1.54, 1.807) is 6.07 Å². The fraction of sp³-hybridized carbons (Fsp3) is 0.455. The summed E-state index contributed by atoms with van der Waals surface area (Å²) in [7, 11) is 0. The molecule has 0 saturated heterocycles. The lowest BCUT2D eigenvalue weighted by Gasteiger charge is -2.15. The van der Waals surface area contributed by atoms with Crippen LogP contribution in [0.25, 0.3) is 11.1 Å². The van der Waals surface area contributed by atoms with Gasteiger partial charge in [0.1, 0.15) is 11.8 Å². The molecule has 1 aliphatic carbocycles. The zero-order valence-electron chi connectivity index (χ0n) is 8.90. The first kappa shape index (κ1) is 10.4. The van der Waals surface area contributed by atoms with Crippen molar-refractivity contribution in [2.24, 2.45) is 5.92 Å². The topological polar surface area (TPSA) is 48.2 Å². The Balaban J connectivity index is 1.78. The number of halogens is 2. The van der Waals surface area contributed by atoms with Gasteiger partial charge in [0.05, 0.1) is 6.26 Å². The van der Waals surface area contributed by atoms with Gasteiger partial charge in [-0.1, -0.05) is 0 Å². The summed E-state index contributed by atoms with van der Waals surface area (Å²) in [5.41, 5.74) is 0.851. The number of ether oxygens (including phenoxy) is 1. The minimum atomic E-state index is -2.79. The van der Waals surface area contributed by atoms with Crippen molar-refractivity contribution < 1.29 is 17.9 Å². The molecule has 1 aliphatic rings. The standard InChI is InChI=1S/C11H10F2N2O2/c12-11(13,7-1-2-7)5-17-10-9-8(3-4-16-9)14-6-15-10/h3-4,6-7H,1-2,5H2. The molecule has 0 N–H and O–H groups in total. The van der Waals surface area contributed by atoms with Gasteiger partial charge < -0.3 is 9.15 Å². The molecule has 1 fully saturated rings. The third-order valence-corrected chi connectivity index (χ3v) is 2.79. The molecule has 0 bridgehead atoms. The van der Waals surface area contributed by atoms with Crippen LogP contribution in [0.2, 0.25) is 0 Å². The van der Waals surface area contributed by atoms with Crippen molar-refractivity contribution in [1.29, 1.82) is 0 Å². The highest BCUT2D eigenvalue weighted by Gasteiger charge is 2.47. The van der Waals surface area contributed by atoms with Crippen LogP contribution < -0.4 is 4.74 Å². The van der Waals surface area contributed by atoms with E-state index in [2.05, 4.69) is 9.97 Å². The van der Waals surface area contributed by atoms with Crippen LogP contribution >= 0.6 is 0 Å². The van der Waals surface area contributed by atoms with Crippen LogP contribution in [-0.2, 0) is 0 Å². The number of rotatable bonds is 4. The first-order valence-electron chi connectivity index (χ1n) is 5.35. The van der Waals surface area contributed by atoms with Crippen molar-refractivity contribution >= 4 is 11.1 Å². The van der Waals surface area contributed by atoms with E-state index in [-0.39, 0.29) is 5.88 Å². The lowest BCUT2D eigenvalue weighted by molar-refractivity contribution is -0.0610. The fourth-order valence-electron chi connectivity index (χ4n) is 1.66. The van der Waals surface area contributed by atoms with Crippen LogP contribution in [0.4, 0.5) is 8.78 Å². The molecule has 2 aromatic heterocycles. The summed E-state index contributed by atoms with van der Waals surface area (Å²) in [6.07, 6.45) is 3.82. The molecule has 6 heteroatoms. The zero-order chi connectivity index (χ0) is 11.9. The molecule has 0 aromatic carbocycles. The second kappa shape index (κ2) is 3.65. The Bertz CT molecular complexity index is 537. The van der Waals surface area contributed by atoms with Gasteiger partial charge in [0.25, 0.3) is 11.8 Å². The molecule has 0 radical (unpaired) electrons. The van der Waals surface area contributed by atoms with Crippen molar-refractivity contribution in [1.82, 2.24) is 9.97 Å². The van der Waals surface area contributed by atoms with E-state index in [1.807, 2.05) is 0 Å². The van der Waals surface area contributed by atoms with E-state index < -0.39 is 18.4 Å². The van der Waals surface area contributed by atoms with Crippen LogP contribution in [0.1, 0.15) is 12.8 Å². The first-order chi connectivity index (χ1) is 8.17. The number of nitrogens with zero attached hydrogens (tertiary/aromatic N) is 2. The van der Waals surface area contributed by atoms with Crippen molar-refractivity contribution in [3.8, 4) is 5.88 Å². The third kappa shape index (κ3) is 1.94. The van der Waals surface area contributed by atoms with Gasteiger partial charge in [-0.25, -0.2) is 13.8 Å². The second-order valence-corrected chi connectivity index (χ2v) is 4.14. The van der Waals surface area contributed by atoms with Gasteiger partial charge in [-0.2, -0.15) is 4.98 Å². The molecule has 0 unspecified atom stereocenters. The predicted molar refractivity (Wildman–Crippen MR) is 55.0 cm³/mol. The molecule has 0 spiro atoms. The Morgan fingerprint density at radius 1 is 1.41 bits per heavy atom. The van der Waals surface area contributed by atoms with Gasteiger partial charge in [0.15, 0.2) is 6.61 Å². The maximum atomic E-state index is 13.4. The molecule has 90 valence electrons. The van der Waals surface area contributed by atoms with Gasteiger partial charge in [-0.15, -0.1) is 0 Å². The Morgan fingerprint density at radius 3 is 3.00 bits per heavy atom. The van der Waals surface area contributed by atoms with Gasteiger partial charge >= 0.3 is 0 Å². The first-order valence-corrected chi connectivity index (χ1v) is 5.35. The van der Waals surface area contributed by atoms with E-state index in [9.17, 15) is 8.78 Å². The van der Waals surface area contributed by atoms with Crippen LogP contribution in [0.3, 0.4) is 0 Å². The van der Waals surface area contributed by atoms with Gasteiger partial charge in [-0.3, -0.25) is 0 Å². The molecule has 2 aromatic rings. The Labute approximate surface area is 95.6 Å². The highest BCUT2D eigenvalue weighted by atomic mass is 19.3. The summed E-state index contributed by atoms with van der Waals surface area (Å²) in [5, 5.41) is 0. The molecular weight excluding hydrogens is 230 g/mol. The van der Waals surface area contributed by atoms with E-state index >= 15 is 0 Å². The second-order valence-electron chi connectivity index (χ2n) is 4.14. The molecule has 4 nitrogen and oxygen atoms in total. The average Bonchev–Trinajstić information content (AvgIpc) is 3.06. The maximum Gasteiger partial charge on any atom is 0.284 e. The van der Waals surface area contributed by atoms with Gasteiger partial charge in [-0.05, 0) is 12.8 Å². The third-order valence-electron chi connectivity index (χ3n) is 2.79. The molecule has 1 saturated carbocycles. The zero-order valence-corrected chi connectivity index (χ0v) is 8.90. The number of furan rings is 1. The van der Waals surface area contributed by atoms with E-state index in [4.69, 9.17) is 9.15 Å². The smallest absolute Gasteiger partial charge is 0.284 e. The molecule has 17 heavy (non-hydrogen) atoms. The predicted octanol–water partition coefficient (Wildman–Crippen LogP) is 2.65. The molecular formula is C11H10F2N2O2. The van der Waals surface area contributed by atoms with Crippen LogP contribution in [0, 0.1) is 5.92 Å². The minimum Gasteiger partial charge on any atom is -0.469 e.